The van der Waals surface area contributed by atoms with Crippen molar-refractivity contribution in [3.05, 3.63) is 71.5 Å². The van der Waals surface area contributed by atoms with E-state index >= 15 is 0 Å². The fourth-order valence-corrected chi connectivity index (χ4v) is 3.23. The van der Waals surface area contributed by atoms with Crippen molar-refractivity contribution < 1.29 is 9.50 Å². The van der Waals surface area contributed by atoms with Gasteiger partial charge in [0.25, 0.3) is 0 Å². The van der Waals surface area contributed by atoms with Gasteiger partial charge in [-0.2, -0.15) is 0 Å². The lowest BCUT2D eigenvalue weighted by Gasteiger charge is -2.30. The first kappa shape index (κ1) is 14.2. The molecule has 0 saturated heterocycles. The van der Waals surface area contributed by atoms with Crippen LogP contribution in [-0.4, -0.2) is 17.8 Å². The minimum Gasteiger partial charge on any atom is -0.392 e. The Morgan fingerprint density at radius 2 is 1.81 bits per heavy atom. The maximum atomic E-state index is 13.4. The summed E-state index contributed by atoms with van der Waals surface area (Å²) in [6, 6.07) is 16.4. The third kappa shape index (κ3) is 2.59. The molecule has 2 aromatic carbocycles. The number of aliphatic hydroxyl groups is 1. The Bertz CT molecular complexity index is 610. The lowest BCUT2D eigenvalue weighted by molar-refractivity contribution is 0.104. The van der Waals surface area contributed by atoms with Crippen LogP contribution in [0.5, 0.6) is 0 Å². The fourth-order valence-electron chi connectivity index (χ4n) is 3.23. The Balaban J connectivity index is 1.91. The highest BCUT2D eigenvalue weighted by Crippen LogP contribution is 2.53. The van der Waals surface area contributed by atoms with E-state index in [2.05, 4.69) is 12.1 Å². The molecule has 0 radical (unpaired) electrons. The van der Waals surface area contributed by atoms with Gasteiger partial charge in [0.05, 0.1) is 6.10 Å². The van der Waals surface area contributed by atoms with E-state index in [1.807, 2.05) is 24.3 Å². The molecule has 1 aliphatic carbocycles. The first-order chi connectivity index (χ1) is 10.2. The summed E-state index contributed by atoms with van der Waals surface area (Å²) in [7, 11) is 0. The standard InChI is InChI=1S/C18H20FNO/c19-15-8-4-5-13(11-15)16(12-20)17(21)18(9-10-18)14-6-2-1-3-7-14/h1-8,11,16-17,21H,9-10,12,20H2. The number of halogens is 1. The summed E-state index contributed by atoms with van der Waals surface area (Å²) in [6.07, 6.45) is 1.31. The van der Waals surface area contributed by atoms with E-state index in [4.69, 9.17) is 5.73 Å². The van der Waals surface area contributed by atoms with Gasteiger partial charge >= 0.3 is 0 Å². The molecule has 110 valence electrons. The highest BCUT2D eigenvalue weighted by molar-refractivity contribution is 5.36. The second-order valence-corrected chi connectivity index (χ2v) is 5.86. The molecule has 0 bridgehead atoms. The van der Waals surface area contributed by atoms with Crippen molar-refractivity contribution in [1.82, 2.24) is 0 Å². The summed E-state index contributed by atoms with van der Waals surface area (Å²) >= 11 is 0. The summed E-state index contributed by atoms with van der Waals surface area (Å²) in [4.78, 5) is 0. The zero-order chi connectivity index (χ0) is 14.9. The molecular formula is C18H20FNO. The van der Waals surface area contributed by atoms with Crippen LogP contribution in [0.3, 0.4) is 0 Å². The topological polar surface area (TPSA) is 46.2 Å². The molecule has 2 unspecified atom stereocenters. The summed E-state index contributed by atoms with van der Waals surface area (Å²) in [5, 5.41) is 10.9. The summed E-state index contributed by atoms with van der Waals surface area (Å²) in [5.74, 6) is -0.536. The highest BCUT2D eigenvalue weighted by atomic mass is 19.1. The molecule has 2 atom stereocenters. The quantitative estimate of drug-likeness (QED) is 0.887. The van der Waals surface area contributed by atoms with E-state index in [9.17, 15) is 9.50 Å². The lowest BCUT2D eigenvalue weighted by atomic mass is 9.80. The zero-order valence-electron chi connectivity index (χ0n) is 11.9. The van der Waals surface area contributed by atoms with E-state index < -0.39 is 6.10 Å². The van der Waals surface area contributed by atoms with Crippen LogP contribution in [0.4, 0.5) is 4.39 Å². The van der Waals surface area contributed by atoms with Gasteiger partial charge in [-0.05, 0) is 36.1 Å². The second-order valence-electron chi connectivity index (χ2n) is 5.86. The van der Waals surface area contributed by atoms with Gasteiger partial charge in [0, 0.05) is 17.9 Å². The first-order valence-corrected chi connectivity index (χ1v) is 7.36. The van der Waals surface area contributed by atoms with Gasteiger partial charge in [0.2, 0.25) is 0 Å². The SMILES string of the molecule is NCC(c1cccc(F)c1)C(O)C1(c2ccccc2)CC1. The molecule has 0 heterocycles. The molecule has 3 rings (SSSR count). The molecule has 0 aromatic heterocycles. The Morgan fingerprint density at radius 3 is 2.38 bits per heavy atom. The van der Waals surface area contributed by atoms with E-state index in [1.54, 1.807) is 6.07 Å². The molecule has 21 heavy (non-hydrogen) atoms. The summed E-state index contributed by atoms with van der Waals surface area (Å²) in [6.45, 7) is 0.305. The number of rotatable bonds is 5. The summed E-state index contributed by atoms with van der Waals surface area (Å²) in [5.41, 5.74) is 7.57. The number of hydrogen-bond donors (Lipinski definition) is 2. The maximum Gasteiger partial charge on any atom is 0.123 e. The largest absolute Gasteiger partial charge is 0.392 e. The molecule has 1 fully saturated rings. The molecule has 2 aromatic rings. The van der Waals surface area contributed by atoms with Crippen LogP contribution in [0.25, 0.3) is 0 Å². The lowest BCUT2D eigenvalue weighted by Crippen LogP contribution is -2.36. The predicted octanol–water partition coefficient (Wildman–Crippen LogP) is 2.96. The maximum absolute atomic E-state index is 13.4. The minimum absolute atomic E-state index is 0.225. The molecular weight excluding hydrogens is 265 g/mol. The van der Waals surface area contributed by atoms with Gasteiger partial charge in [0.1, 0.15) is 5.82 Å². The van der Waals surface area contributed by atoms with Crippen LogP contribution in [-0.2, 0) is 5.41 Å². The van der Waals surface area contributed by atoms with E-state index in [0.717, 1.165) is 24.0 Å². The van der Waals surface area contributed by atoms with Crippen molar-refractivity contribution in [3.8, 4) is 0 Å². The Hall–Kier alpha value is -1.71. The average Bonchev–Trinajstić information content (AvgIpc) is 3.31. The molecule has 1 aliphatic rings. The van der Waals surface area contributed by atoms with E-state index in [1.165, 1.54) is 12.1 Å². The van der Waals surface area contributed by atoms with Crippen LogP contribution in [0, 0.1) is 5.82 Å². The molecule has 0 spiro atoms. The molecule has 3 heteroatoms. The molecule has 2 nitrogen and oxygen atoms in total. The third-order valence-corrected chi connectivity index (χ3v) is 4.62. The van der Waals surface area contributed by atoms with E-state index in [-0.39, 0.29) is 17.2 Å². The van der Waals surface area contributed by atoms with Crippen molar-refractivity contribution in [2.75, 3.05) is 6.54 Å². The summed E-state index contributed by atoms with van der Waals surface area (Å²) < 4.78 is 13.4. The van der Waals surface area contributed by atoms with Crippen molar-refractivity contribution in [2.45, 2.75) is 30.3 Å². The molecule has 3 N–H and O–H groups in total. The van der Waals surface area contributed by atoms with Gasteiger partial charge in [-0.1, -0.05) is 42.5 Å². The van der Waals surface area contributed by atoms with Gasteiger partial charge < -0.3 is 10.8 Å². The minimum atomic E-state index is -0.591. The third-order valence-electron chi connectivity index (χ3n) is 4.62. The van der Waals surface area contributed by atoms with Crippen molar-refractivity contribution in [1.29, 1.82) is 0 Å². The van der Waals surface area contributed by atoms with Gasteiger partial charge in [-0.15, -0.1) is 0 Å². The Kier molecular flexibility index (Phi) is 3.79. The number of benzene rings is 2. The smallest absolute Gasteiger partial charge is 0.123 e. The van der Waals surface area contributed by atoms with Crippen molar-refractivity contribution >= 4 is 0 Å². The van der Waals surface area contributed by atoms with Gasteiger partial charge in [-0.3, -0.25) is 0 Å². The number of nitrogens with two attached hydrogens (primary N) is 1. The predicted molar refractivity (Wildman–Crippen MR) is 81.6 cm³/mol. The zero-order valence-corrected chi connectivity index (χ0v) is 11.9. The monoisotopic (exact) mass is 285 g/mol. The fraction of sp³-hybridized carbons (Fsp3) is 0.333. The Labute approximate surface area is 124 Å². The van der Waals surface area contributed by atoms with E-state index in [0.29, 0.717) is 6.54 Å². The van der Waals surface area contributed by atoms with Crippen LogP contribution in [0.1, 0.15) is 29.9 Å². The number of hydrogen-bond acceptors (Lipinski definition) is 2. The van der Waals surface area contributed by atoms with Crippen LogP contribution in [0.2, 0.25) is 0 Å². The first-order valence-electron chi connectivity index (χ1n) is 7.36. The van der Waals surface area contributed by atoms with Gasteiger partial charge in [0.15, 0.2) is 0 Å². The van der Waals surface area contributed by atoms with Crippen LogP contribution in [0.15, 0.2) is 54.6 Å². The average molecular weight is 285 g/mol. The number of aliphatic hydroxyl groups excluding tert-OH is 1. The van der Waals surface area contributed by atoms with Crippen LogP contribution >= 0.6 is 0 Å². The van der Waals surface area contributed by atoms with Gasteiger partial charge in [-0.25, -0.2) is 4.39 Å². The van der Waals surface area contributed by atoms with Crippen molar-refractivity contribution in [3.63, 3.8) is 0 Å². The molecule has 1 saturated carbocycles. The second kappa shape index (κ2) is 5.58. The normalized spacial score (nSPS) is 19.0. The van der Waals surface area contributed by atoms with Crippen molar-refractivity contribution in [2.24, 2.45) is 5.73 Å². The Morgan fingerprint density at radius 1 is 1.10 bits per heavy atom. The highest BCUT2D eigenvalue weighted by Gasteiger charge is 2.52. The molecule has 0 amide bonds. The molecule has 0 aliphatic heterocycles. The van der Waals surface area contributed by atoms with Crippen LogP contribution < -0.4 is 5.73 Å².